The van der Waals surface area contributed by atoms with Crippen LogP contribution >= 0.6 is 0 Å². The van der Waals surface area contributed by atoms with Crippen molar-refractivity contribution in [3.05, 3.63) is 36.7 Å². The van der Waals surface area contributed by atoms with E-state index in [0.29, 0.717) is 25.6 Å². The van der Waals surface area contributed by atoms with Crippen LogP contribution in [0.25, 0.3) is 11.4 Å². The molecule has 0 aliphatic carbocycles. The highest BCUT2D eigenvalue weighted by molar-refractivity contribution is 5.56. The summed E-state index contributed by atoms with van der Waals surface area (Å²) < 4.78 is 22.9. The molecule has 32 heavy (non-hydrogen) atoms. The molecule has 0 bridgehead atoms. The number of hydrogen-bond donors (Lipinski definition) is 0. The third kappa shape index (κ3) is 8.06. The average molecular weight is 443 g/mol. The molecular weight excluding hydrogens is 404 g/mol. The van der Waals surface area contributed by atoms with Crippen LogP contribution in [-0.2, 0) is 9.47 Å². The summed E-state index contributed by atoms with van der Waals surface area (Å²) in [6, 6.07) is 7.76. The van der Waals surface area contributed by atoms with Crippen molar-refractivity contribution in [2.24, 2.45) is 5.92 Å². The number of hydrogen-bond acceptors (Lipinski definition) is 6. The van der Waals surface area contributed by atoms with Crippen LogP contribution in [0.5, 0.6) is 11.5 Å². The molecule has 1 aromatic carbocycles. The fourth-order valence-electron chi connectivity index (χ4n) is 3.62. The van der Waals surface area contributed by atoms with E-state index in [1.54, 1.807) is 12.4 Å². The first-order valence-corrected chi connectivity index (χ1v) is 11.9. The van der Waals surface area contributed by atoms with Crippen molar-refractivity contribution in [1.29, 1.82) is 0 Å². The predicted octanol–water partition coefficient (Wildman–Crippen LogP) is 6.05. The van der Waals surface area contributed by atoms with Gasteiger partial charge in [-0.25, -0.2) is 9.97 Å². The Morgan fingerprint density at radius 2 is 1.72 bits per heavy atom. The van der Waals surface area contributed by atoms with Crippen molar-refractivity contribution in [2.45, 2.75) is 78.1 Å². The van der Waals surface area contributed by atoms with Gasteiger partial charge in [-0.05, 0) is 50.5 Å². The molecule has 1 aliphatic rings. The van der Waals surface area contributed by atoms with Crippen LogP contribution in [0.3, 0.4) is 0 Å². The van der Waals surface area contributed by atoms with E-state index >= 15 is 0 Å². The van der Waals surface area contributed by atoms with Crippen molar-refractivity contribution in [3.8, 4) is 22.9 Å². The lowest BCUT2D eigenvalue weighted by molar-refractivity contribution is -0.141. The molecule has 0 saturated carbocycles. The molecule has 1 saturated heterocycles. The summed E-state index contributed by atoms with van der Waals surface area (Å²) in [5.74, 6) is 2.49. The molecule has 0 spiro atoms. The van der Waals surface area contributed by atoms with Crippen molar-refractivity contribution in [1.82, 2.24) is 9.97 Å². The second-order valence-electron chi connectivity index (χ2n) is 9.09. The van der Waals surface area contributed by atoms with Gasteiger partial charge in [-0.1, -0.05) is 46.0 Å². The van der Waals surface area contributed by atoms with Gasteiger partial charge >= 0.3 is 0 Å². The molecule has 3 rings (SSSR count). The van der Waals surface area contributed by atoms with Crippen molar-refractivity contribution >= 4 is 0 Å². The molecule has 2 aromatic rings. The second-order valence-corrected chi connectivity index (χ2v) is 9.09. The number of ether oxygens (including phenoxy) is 4. The van der Waals surface area contributed by atoms with Gasteiger partial charge in [0.15, 0.2) is 17.4 Å². The van der Waals surface area contributed by atoms with E-state index in [1.165, 1.54) is 32.1 Å². The molecule has 2 atom stereocenters. The van der Waals surface area contributed by atoms with Gasteiger partial charge < -0.3 is 18.9 Å². The third-order valence-corrected chi connectivity index (χ3v) is 5.80. The van der Waals surface area contributed by atoms with Crippen LogP contribution < -0.4 is 9.47 Å². The van der Waals surface area contributed by atoms with Crippen LogP contribution in [0.4, 0.5) is 0 Å². The number of rotatable bonds is 13. The molecule has 1 aliphatic heterocycles. The highest BCUT2D eigenvalue weighted by atomic mass is 16.7. The maximum atomic E-state index is 5.82. The number of unbranched alkanes of at least 4 members (excludes halogenated alkanes) is 3. The molecule has 1 fully saturated rings. The number of aromatic nitrogens is 2. The summed E-state index contributed by atoms with van der Waals surface area (Å²) in [6.45, 7) is 10.1. The predicted molar refractivity (Wildman–Crippen MR) is 126 cm³/mol. The van der Waals surface area contributed by atoms with E-state index in [0.717, 1.165) is 29.4 Å². The lowest BCUT2D eigenvalue weighted by Crippen LogP contribution is -2.25. The Morgan fingerprint density at radius 1 is 1.00 bits per heavy atom. The van der Waals surface area contributed by atoms with E-state index in [4.69, 9.17) is 18.9 Å². The Hall–Kier alpha value is -2.18. The molecule has 0 amide bonds. The smallest absolute Gasteiger partial charge is 0.163 e. The van der Waals surface area contributed by atoms with Gasteiger partial charge in [0.25, 0.3) is 0 Å². The maximum Gasteiger partial charge on any atom is 0.163 e. The van der Waals surface area contributed by atoms with Crippen LogP contribution in [-0.4, -0.2) is 41.7 Å². The lowest BCUT2D eigenvalue weighted by Gasteiger charge is -2.17. The summed E-state index contributed by atoms with van der Waals surface area (Å²) in [7, 11) is 0. The minimum atomic E-state index is -0.530. The van der Waals surface area contributed by atoms with Crippen molar-refractivity contribution in [2.75, 3.05) is 19.8 Å². The van der Waals surface area contributed by atoms with Crippen molar-refractivity contribution < 1.29 is 18.9 Å². The largest absolute Gasteiger partial charge is 0.491 e. The van der Waals surface area contributed by atoms with Gasteiger partial charge in [0, 0.05) is 5.56 Å². The van der Waals surface area contributed by atoms with E-state index in [-0.39, 0.29) is 6.10 Å². The normalized spacial score (nSPS) is 18.4. The Balaban J connectivity index is 1.36. The minimum Gasteiger partial charge on any atom is -0.491 e. The molecule has 6 heteroatoms. The quantitative estimate of drug-likeness (QED) is 0.352. The Kier molecular flexibility index (Phi) is 9.30. The molecule has 6 nitrogen and oxygen atoms in total. The molecule has 2 heterocycles. The zero-order valence-electron chi connectivity index (χ0n) is 20.0. The zero-order valence-corrected chi connectivity index (χ0v) is 20.0. The fourth-order valence-corrected chi connectivity index (χ4v) is 3.62. The van der Waals surface area contributed by atoms with Gasteiger partial charge in [-0.2, -0.15) is 0 Å². The van der Waals surface area contributed by atoms with Crippen LogP contribution in [0.1, 0.15) is 66.2 Å². The summed E-state index contributed by atoms with van der Waals surface area (Å²) in [6.07, 6.45) is 10.9. The summed E-state index contributed by atoms with van der Waals surface area (Å²) in [4.78, 5) is 8.89. The highest BCUT2D eigenvalue weighted by Crippen LogP contribution is 2.24. The summed E-state index contributed by atoms with van der Waals surface area (Å²) >= 11 is 0. The molecule has 1 unspecified atom stereocenters. The van der Waals surface area contributed by atoms with Gasteiger partial charge in [0.1, 0.15) is 18.5 Å². The van der Waals surface area contributed by atoms with Gasteiger partial charge in [0.05, 0.1) is 25.6 Å². The first-order chi connectivity index (χ1) is 15.4. The Labute approximate surface area is 192 Å². The Bertz CT molecular complexity index is 792. The first kappa shape index (κ1) is 24.5. The van der Waals surface area contributed by atoms with E-state index in [1.807, 2.05) is 38.1 Å². The van der Waals surface area contributed by atoms with E-state index in [9.17, 15) is 0 Å². The third-order valence-electron chi connectivity index (χ3n) is 5.80. The van der Waals surface area contributed by atoms with Crippen LogP contribution in [0.2, 0.25) is 0 Å². The average Bonchev–Trinajstić information content (AvgIpc) is 3.16. The molecule has 0 radical (unpaired) electrons. The minimum absolute atomic E-state index is 0.0506. The second kappa shape index (κ2) is 12.2. The maximum absolute atomic E-state index is 5.82. The Morgan fingerprint density at radius 3 is 2.38 bits per heavy atom. The van der Waals surface area contributed by atoms with E-state index in [2.05, 4.69) is 23.8 Å². The summed E-state index contributed by atoms with van der Waals surface area (Å²) in [5.41, 5.74) is 0.937. The van der Waals surface area contributed by atoms with Crippen LogP contribution in [0.15, 0.2) is 36.7 Å². The van der Waals surface area contributed by atoms with E-state index < -0.39 is 5.79 Å². The standard InChI is InChI=1S/C26H38N2O4/c1-5-20(2)10-8-6-7-9-15-29-23-16-27-25(28-17-23)21-11-13-22(14-12-21)30-18-24-19-31-26(3,4)32-24/h11-14,16-17,20,24H,5-10,15,18-19H2,1-4H3/t20?,24-/m0/s1. The first-order valence-electron chi connectivity index (χ1n) is 11.9. The van der Waals surface area contributed by atoms with Gasteiger partial charge in [-0.3, -0.25) is 0 Å². The van der Waals surface area contributed by atoms with Gasteiger partial charge in [-0.15, -0.1) is 0 Å². The summed E-state index contributed by atoms with van der Waals surface area (Å²) in [5, 5.41) is 0. The zero-order chi connectivity index (χ0) is 22.8. The topological polar surface area (TPSA) is 62.7 Å². The molecule has 1 aromatic heterocycles. The lowest BCUT2D eigenvalue weighted by atomic mass is 10.0. The molecule has 0 N–H and O–H groups in total. The highest BCUT2D eigenvalue weighted by Gasteiger charge is 2.32. The van der Waals surface area contributed by atoms with Crippen molar-refractivity contribution in [3.63, 3.8) is 0 Å². The number of benzene rings is 1. The van der Waals surface area contributed by atoms with Crippen LogP contribution in [0, 0.1) is 5.92 Å². The monoisotopic (exact) mass is 442 g/mol. The SMILES string of the molecule is CCC(C)CCCCCCOc1cnc(-c2ccc(OC[C@H]3COC(C)(C)O3)cc2)nc1. The van der Waals surface area contributed by atoms with Gasteiger partial charge in [0.2, 0.25) is 0 Å². The molecular formula is C26H38N2O4. The number of nitrogens with zero attached hydrogens (tertiary/aromatic N) is 2. The molecule has 176 valence electrons. The fraction of sp³-hybridized carbons (Fsp3) is 0.615.